The zero-order chi connectivity index (χ0) is 18.1. The molecule has 6 heteroatoms. The van der Waals surface area contributed by atoms with E-state index < -0.39 is 0 Å². The highest BCUT2D eigenvalue weighted by atomic mass is 32.1. The van der Waals surface area contributed by atoms with Gasteiger partial charge in [0, 0.05) is 24.0 Å². The number of rotatable bonds is 4. The number of thiazole rings is 1. The zero-order valence-electron chi connectivity index (χ0n) is 14.6. The normalized spacial score (nSPS) is 11.0. The Morgan fingerprint density at radius 2 is 2.00 bits per heavy atom. The molecule has 0 radical (unpaired) electrons. The van der Waals surface area contributed by atoms with Crippen molar-refractivity contribution in [2.45, 2.75) is 20.4 Å². The minimum Gasteiger partial charge on any atom is -0.322 e. The first-order valence-electron chi connectivity index (χ1n) is 8.44. The highest BCUT2D eigenvalue weighted by molar-refractivity contribution is 7.21. The van der Waals surface area contributed by atoms with E-state index in [1.165, 1.54) is 10.3 Å². The van der Waals surface area contributed by atoms with Crippen LogP contribution in [0.2, 0.25) is 0 Å². The van der Waals surface area contributed by atoms with E-state index in [0.717, 1.165) is 28.3 Å². The number of aromatic nitrogens is 3. The van der Waals surface area contributed by atoms with E-state index in [4.69, 9.17) is 4.98 Å². The molecule has 2 aromatic heterocycles. The molecular weight excluding hydrogens is 344 g/mol. The van der Waals surface area contributed by atoms with E-state index in [9.17, 15) is 4.79 Å². The summed E-state index contributed by atoms with van der Waals surface area (Å²) in [7, 11) is 0. The quantitative estimate of drug-likeness (QED) is 0.570. The van der Waals surface area contributed by atoms with Crippen molar-refractivity contribution in [3.63, 3.8) is 0 Å². The summed E-state index contributed by atoms with van der Waals surface area (Å²) in [6, 6.07) is 14.0. The maximum atomic E-state index is 12.3. The molecule has 0 saturated heterocycles. The molecule has 0 bridgehead atoms. The molecule has 0 saturated carbocycles. The van der Waals surface area contributed by atoms with Gasteiger partial charge in [-0.1, -0.05) is 6.07 Å². The van der Waals surface area contributed by atoms with Crippen molar-refractivity contribution in [1.82, 2.24) is 14.8 Å². The molecule has 0 unspecified atom stereocenters. The van der Waals surface area contributed by atoms with Crippen LogP contribution in [0.5, 0.6) is 0 Å². The Morgan fingerprint density at radius 3 is 2.73 bits per heavy atom. The van der Waals surface area contributed by atoms with Crippen LogP contribution in [0.15, 0.2) is 54.9 Å². The van der Waals surface area contributed by atoms with Crippen molar-refractivity contribution < 1.29 is 4.79 Å². The molecule has 0 aliphatic rings. The second kappa shape index (κ2) is 6.72. The molecule has 2 heterocycles. The standard InChI is InChI=1S/C20H18N4OS/c1-3-24-12-15(11-21-24)19(25)22-16-7-5-14(6-8-16)20-23-17-9-4-13(2)10-18(17)26-20/h4-12H,3H2,1-2H3,(H,22,25). The number of hydrogen-bond donors (Lipinski definition) is 1. The summed E-state index contributed by atoms with van der Waals surface area (Å²) in [5.74, 6) is -0.159. The van der Waals surface area contributed by atoms with Gasteiger partial charge in [-0.2, -0.15) is 5.10 Å². The van der Waals surface area contributed by atoms with Crippen LogP contribution in [-0.2, 0) is 6.54 Å². The average molecular weight is 362 g/mol. The highest BCUT2D eigenvalue weighted by Crippen LogP contribution is 2.31. The Balaban J connectivity index is 1.53. The van der Waals surface area contributed by atoms with Gasteiger partial charge in [0.2, 0.25) is 0 Å². The number of nitrogens with one attached hydrogen (secondary N) is 1. The lowest BCUT2D eigenvalue weighted by molar-refractivity contribution is 0.102. The molecule has 0 aliphatic carbocycles. The first-order chi connectivity index (χ1) is 12.6. The van der Waals surface area contributed by atoms with Crippen LogP contribution in [-0.4, -0.2) is 20.7 Å². The van der Waals surface area contributed by atoms with Gasteiger partial charge in [-0.05, 0) is 55.8 Å². The van der Waals surface area contributed by atoms with Gasteiger partial charge in [-0.3, -0.25) is 9.48 Å². The summed E-state index contributed by atoms with van der Waals surface area (Å²) in [4.78, 5) is 17.0. The molecule has 0 spiro atoms. The van der Waals surface area contributed by atoms with Gasteiger partial charge in [0.1, 0.15) is 5.01 Å². The Morgan fingerprint density at radius 1 is 1.19 bits per heavy atom. The van der Waals surface area contributed by atoms with Crippen molar-refractivity contribution in [3.8, 4) is 10.6 Å². The second-order valence-electron chi connectivity index (χ2n) is 6.11. The van der Waals surface area contributed by atoms with Crippen LogP contribution in [0.4, 0.5) is 5.69 Å². The maximum Gasteiger partial charge on any atom is 0.258 e. The number of anilines is 1. The molecule has 0 fully saturated rings. The average Bonchev–Trinajstić information content (AvgIpc) is 3.28. The van der Waals surface area contributed by atoms with E-state index in [-0.39, 0.29) is 5.91 Å². The molecule has 130 valence electrons. The number of hydrogen-bond acceptors (Lipinski definition) is 4. The van der Waals surface area contributed by atoms with Gasteiger partial charge in [0.05, 0.1) is 22.0 Å². The van der Waals surface area contributed by atoms with Crippen molar-refractivity contribution in [2.24, 2.45) is 0 Å². The van der Waals surface area contributed by atoms with Gasteiger partial charge >= 0.3 is 0 Å². The van der Waals surface area contributed by atoms with E-state index in [1.807, 2.05) is 31.2 Å². The van der Waals surface area contributed by atoms with Gasteiger partial charge in [0.25, 0.3) is 5.91 Å². The van der Waals surface area contributed by atoms with Crippen LogP contribution in [0.3, 0.4) is 0 Å². The summed E-state index contributed by atoms with van der Waals surface area (Å²) in [6.45, 7) is 4.81. The van der Waals surface area contributed by atoms with E-state index >= 15 is 0 Å². The van der Waals surface area contributed by atoms with Gasteiger partial charge in [-0.15, -0.1) is 11.3 Å². The number of aryl methyl sites for hydroxylation is 2. The minimum absolute atomic E-state index is 0.159. The summed E-state index contributed by atoms with van der Waals surface area (Å²) in [5, 5.41) is 8.01. The smallest absolute Gasteiger partial charge is 0.258 e. The lowest BCUT2D eigenvalue weighted by atomic mass is 10.2. The number of carbonyl (C=O) groups is 1. The van der Waals surface area contributed by atoms with E-state index in [1.54, 1.807) is 28.4 Å². The van der Waals surface area contributed by atoms with Gasteiger partial charge in [0.15, 0.2) is 0 Å². The van der Waals surface area contributed by atoms with Crippen LogP contribution >= 0.6 is 11.3 Å². The molecule has 4 rings (SSSR count). The van der Waals surface area contributed by atoms with Crippen LogP contribution in [0.1, 0.15) is 22.8 Å². The number of amides is 1. The molecule has 2 aromatic carbocycles. The van der Waals surface area contributed by atoms with Gasteiger partial charge in [-0.25, -0.2) is 4.98 Å². The van der Waals surface area contributed by atoms with E-state index in [2.05, 4.69) is 35.5 Å². The Labute approximate surface area is 155 Å². The fourth-order valence-corrected chi connectivity index (χ4v) is 3.78. The van der Waals surface area contributed by atoms with Crippen molar-refractivity contribution in [2.75, 3.05) is 5.32 Å². The molecular formula is C20H18N4OS. The van der Waals surface area contributed by atoms with Crippen molar-refractivity contribution in [1.29, 1.82) is 0 Å². The van der Waals surface area contributed by atoms with Crippen LogP contribution < -0.4 is 5.32 Å². The number of fused-ring (bicyclic) bond motifs is 1. The molecule has 1 amide bonds. The molecule has 1 N–H and O–H groups in total. The van der Waals surface area contributed by atoms with Crippen molar-refractivity contribution in [3.05, 3.63) is 66.0 Å². The van der Waals surface area contributed by atoms with Gasteiger partial charge < -0.3 is 5.32 Å². The number of benzene rings is 2. The third-order valence-electron chi connectivity index (χ3n) is 4.15. The highest BCUT2D eigenvalue weighted by Gasteiger charge is 2.10. The fraction of sp³-hybridized carbons (Fsp3) is 0.150. The predicted octanol–water partition coefficient (Wildman–Crippen LogP) is 4.74. The van der Waals surface area contributed by atoms with Crippen LogP contribution in [0, 0.1) is 6.92 Å². The molecule has 0 atom stereocenters. The van der Waals surface area contributed by atoms with Crippen molar-refractivity contribution >= 4 is 33.1 Å². The second-order valence-corrected chi connectivity index (χ2v) is 7.14. The molecule has 4 aromatic rings. The fourth-order valence-electron chi connectivity index (χ4n) is 2.71. The van der Waals surface area contributed by atoms with Crippen LogP contribution in [0.25, 0.3) is 20.8 Å². The predicted molar refractivity (Wildman–Crippen MR) is 106 cm³/mol. The number of nitrogens with zero attached hydrogens (tertiary/aromatic N) is 3. The minimum atomic E-state index is -0.159. The summed E-state index contributed by atoms with van der Waals surface area (Å²) >= 11 is 1.68. The molecule has 5 nitrogen and oxygen atoms in total. The molecule has 0 aliphatic heterocycles. The largest absolute Gasteiger partial charge is 0.322 e. The first kappa shape index (κ1) is 16.5. The lowest BCUT2D eigenvalue weighted by Gasteiger charge is -2.04. The third-order valence-corrected chi connectivity index (χ3v) is 5.22. The maximum absolute atomic E-state index is 12.3. The summed E-state index contributed by atoms with van der Waals surface area (Å²) < 4.78 is 2.91. The lowest BCUT2D eigenvalue weighted by Crippen LogP contribution is -2.11. The summed E-state index contributed by atoms with van der Waals surface area (Å²) in [5.41, 5.74) is 4.59. The monoisotopic (exact) mass is 362 g/mol. The topological polar surface area (TPSA) is 59.8 Å². The Kier molecular flexibility index (Phi) is 4.26. The number of carbonyl (C=O) groups excluding carboxylic acids is 1. The zero-order valence-corrected chi connectivity index (χ0v) is 15.4. The Bertz CT molecular complexity index is 1080. The first-order valence-corrected chi connectivity index (χ1v) is 9.25. The molecule has 26 heavy (non-hydrogen) atoms. The summed E-state index contributed by atoms with van der Waals surface area (Å²) in [6.07, 6.45) is 3.32. The third kappa shape index (κ3) is 3.23. The SMILES string of the molecule is CCn1cc(C(=O)Nc2ccc(-c3nc4ccc(C)cc4s3)cc2)cn1. The Hall–Kier alpha value is -2.99. The van der Waals surface area contributed by atoms with E-state index in [0.29, 0.717) is 5.56 Å².